The van der Waals surface area contributed by atoms with Crippen molar-refractivity contribution in [3.63, 3.8) is 0 Å². The zero-order chi connectivity index (χ0) is 20.2. The monoisotopic (exact) mass is 388 g/mol. The van der Waals surface area contributed by atoms with Gasteiger partial charge in [-0.2, -0.15) is 4.98 Å². The number of aromatic nitrogens is 2. The molecule has 0 radical (unpaired) electrons. The highest BCUT2D eigenvalue weighted by molar-refractivity contribution is 5.90. The Balaban J connectivity index is 1.63. The van der Waals surface area contributed by atoms with Crippen LogP contribution in [0.2, 0.25) is 0 Å². The highest BCUT2D eigenvalue weighted by Gasteiger charge is 2.43. The van der Waals surface area contributed by atoms with Crippen LogP contribution in [0.25, 0.3) is 0 Å². The van der Waals surface area contributed by atoms with Crippen molar-refractivity contribution in [2.24, 2.45) is 0 Å². The first-order valence-corrected chi connectivity index (χ1v) is 9.86. The molecule has 1 aliphatic heterocycles. The van der Waals surface area contributed by atoms with Crippen molar-refractivity contribution in [3.05, 3.63) is 84.1 Å². The quantitative estimate of drug-likeness (QED) is 0.634. The maximum Gasteiger partial charge on any atom is 0.416 e. The molecule has 0 bridgehead atoms. The van der Waals surface area contributed by atoms with E-state index < -0.39 is 0 Å². The Hall–Kier alpha value is -3.41. The normalized spacial score (nSPS) is 19.7. The van der Waals surface area contributed by atoms with Crippen LogP contribution in [0.1, 0.15) is 43.5 Å². The predicted octanol–water partition coefficient (Wildman–Crippen LogP) is 5.13. The Bertz CT molecular complexity index is 965. The number of nitrogens with one attached hydrogen (secondary N) is 1. The molecule has 3 aromatic rings. The summed E-state index contributed by atoms with van der Waals surface area (Å²) >= 11 is 0. The number of ether oxygens (including phenoxy) is 1. The third-order valence-electron chi connectivity index (χ3n) is 5.16. The number of rotatable bonds is 6. The molecule has 2 heterocycles. The van der Waals surface area contributed by atoms with Gasteiger partial charge in [-0.05, 0) is 30.5 Å². The van der Waals surface area contributed by atoms with Crippen molar-refractivity contribution in [3.8, 4) is 0 Å². The van der Waals surface area contributed by atoms with Crippen molar-refractivity contribution in [1.29, 1.82) is 0 Å². The van der Waals surface area contributed by atoms with E-state index in [0.29, 0.717) is 11.8 Å². The van der Waals surface area contributed by atoms with Crippen molar-refractivity contribution in [1.82, 2.24) is 9.97 Å². The van der Waals surface area contributed by atoms with E-state index in [4.69, 9.17) is 4.74 Å². The van der Waals surface area contributed by atoms with Crippen molar-refractivity contribution in [2.75, 3.05) is 10.2 Å². The molecule has 0 spiro atoms. The van der Waals surface area contributed by atoms with Crippen LogP contribution in [-0.2, 0) is 4.74 Å². The molecule has 3 atom stereocenters. The van der Waals surface area contributed by atoms with Gasteiger partial charge in [0.05, 0.1) is 6.04 Å². The van der Waals surface area contributed by atoms with Crippen LogP contribution >= 0.6 is 0 Å². The number of anilines is 2. The van der Waals surface area contributed by atoms with Gasteiger partial charge in [-0.15, -0.1) is 0 Å². The van der Waals surface area contributed by atoms with Crippen LogP contribution < -0.4 is 10.2 Å². The summed E-state index contributed by atoms with van der Waals surface area (Å²) in [5.74, 6) is 0.996. The summed E-state index contributed by atoms with van der Waals surface area (Å²) in [6.07, 6.45) is 1.78. The smallest absolute Gasteiger partial charge is 0.416 e. The lowest BCUT2D eigenvalue weighted by Gasteiger charge is -2.24. The standard InChI is InChI=1S/C23H24N4O2/c1-3-19-21(18-12-8-5-9-13-18)27(23(28)29-19)20-14-15-24-22(26-20)25-16(2)17-10-6-4-7-11-17/h4-16,19,21H,3H2,1-2H3,(H,24,25,26)/t16-,19+,21-/m0/s1. The van der Waals surface area contributed by atoms with Crippen LogP contribution in [0.5, 0.6) is 0 Å². The second kappa shape index (κ2) is 8.31. The second-order valence-electron chi connectivity index (χ2n) is 7.07. The molecule has 1 aromatic heterocycles. The molecule has 1 aliphatic rings. The average molecular weight is 388 g/mol. The molecule has 1 fully saturated rings. The molecular weight excluding hydrogens is 364 g/mol. The van der Waals surface area contributed by atoms with Gasteiger partial charge in [-0.1, -0.05) is 67.6 Å². The maximum absolute atomic E-state index is 12.7. The van der Waals surface area contributed by atoms with E-state index in [0.717, 1.165) is 17.5 Å². The van der Waals surface area contributed by atoms with Gasteiger partial charge in [0.2, 0.25) is 5.95 Å². The summed E-state index contributed by atoms with van der Waals surface area (Å²) in [6, 6.07) is 21.6. The summed E-state index contributed by atoms with van der Waals surface area (Å²) < 4.78 is 5.64. The number of cyclic esters (lactones) is 1. The molecular formula is C23H24N4O2. The lowest BCUT2D eigenvalue weighted by molar-refractivity contribution is 0.129. The third kappa shape index (κ3) is 3.92. The van der Waals surface area contributed by atoms with Gasteiger partial charge in [0.25, 0.3) is 0 Å². The van der Waals surface area contributed by atoms with E-state index in [2.05, 4.69) is 34.3 Å². The van der Waals surface area contributed by atoms with Crippen molar-refractivity contribution >= 4 is 17.9 Å². The van der Waals surface area contributed by atoms with E-state index in [1.807, 2.05) is 55.5 Å². The lowest BCUT2D eigenvalue weighted by atomic mass is 9.99. The zero-order valence-electron chi connectivity index (χ0n) is 16.5. The van der Waals surface area contributed by atoms with Gasteiger partial charge in [-0.3, -0.25) is 0 Å². The fourth-order valence-corrected chi connectivity index (χ4v) is 3.66. The van der Waals surface area contributed by atoms with E-state index in [9.17, 15) is 4.79 Å². The molecule has 29 heavy (non-hydrogen) atoms. The molecule has 6 heteroatoms. The van der Waals surface area contributed by atoms with E-state index >= 15 is 0 Å². The maximum atomic E-state index is 12.7. The molecule has 6 nitrogen and oxygen atoms in total. The number of benzene rings is 2. The second-order valence-corrected chi connectivity index (χ2v) is 7.07. The Morgan fingerprint density at radius 1 is 1.07 bits per heavy atom. The Kier molecular flexibility index (Phi) is 5.42. The number of carbonyl (C=O) groups is 1. The zero-order valence-corrected chi connectivity index (χ0v) is 16.5. The van der Waals surface area contributed by atoms with E-state index in [-0.39, 0.29) is 24.3 Å². The molecule has 148 valence electrons. The predicted molar refractivity (Wildman–Crippen MR) is 113 cm³/mol. The molecule has 4 rings (SSSR count). The molecule has 1 amide bonds. The van der Waals surface area contributed by atoms with Crippen LogP contribution in [0.15, 0.2) is 72.9 Å². The minimum Gasteiger partial charge on any atom is -0.443 e. The molecule has 1 saturated heterocycles. The summed E-state index contributed by atoms with van der Waals surface area (Å²) in [7, 11) is 0. The molecule has 2 aromatic carbocycles. The van der Waals surface area contributed by atoms with Crippen LogP contribution in [0.3, 0.4) is 0 Å². The van der Waals surface area contributed by atoms with Gasteiger partial charge in [0, 0.05) is 6.20 Å². The highest BCUT2D eigenvalue weighted by atomic mass is 16.6. The Morgan fingerprint density at radius 3 is 2.45 bits per heavy atom. The van der Waals surface area contributed by atoms with Gasteiger partial charge >= 0.3 is 6.09 Å². The van der Waals surface area contributed by atoms with Gasteiger partial charge in [-0.25, -0.2) is 14.7 Å². The van der Waals surface area contributed by atoms with Gasteiger partial charge in [0.15, 0.2) is 0 Å². The number of hydrogen-bond donors (Lipinski definition) is 1. The van der Waals surface area contributed by atoms with Crippen molar-refractivity contribution in [2.45, 2.75) is 38.5 Å². The van der Waals surface area contributed by atoms with E-state index in [1.165, 1.54) is 0 Å². The summed E-state index contributed by atoms with van der Waals surface area (Å²) in [4.78, 5) is 23.3. The lowest BCUT2D eigenvalue weighted by Crippen LogP contribution is -2.30. The average Bonchev–Trinajstić information content (AvgIpc) is 3.11. The summed E-state index contributed by atoms with van der Waals surface area (Å²) in [6.45, 7) is 4.07. The number of hydrogen-bond acceptors (Lipinski definition) is 5. The van der Waals surface area contributed by atoms with Crippen LogP contribution in [-0.4, -0.2) is 22.2 Å². The van der Waals surface area contributed by atoms with Crippen molar-refractivity contribution < 1.29 is 9.53 Å². The Morgan fingerprint density at radius 2 is 1.76 bits per heavy atom. The molecule has 0 saturated carbocycles. The molecule has 0 aliphatic carbocycles. The third-order valence-corrected chi connectivity index (χ3v) is 5.16. The van der Waals surface area contributed by atoms with Gasteiger partial charge < -0.3 is 10.1 Å². The minimum absolute atomic E-state index is 0.0327. The summed E-state index contributed by atoms with van der Waals surface area (Å²) in [5, 5.41) is 3.32. The fraction of sp³-hybridized carbons (Fsp3) is 0.261. The SMILES string of the molecule is CC[C@H]1OC(=O)N(c2ccnc(N[C@@H](C)c3ccccc3)n2)[C@H]1c1ccccc1. The summed E-state index contributed by atoms with van der Waals surface area (Å²) in [5.41, 5.74) is 2.16. The fourth-order valence-electron chi connectivity index (χ4n) is 3.66. The number of nitrogens with zero attached hydrogens (tertiary/aromatic N) is 3. The van der Waals surface area contributed by atoms with Crippen LogP contribution in [0, 0.1) is 0 Å². The highest BCUT2D eigenvalue weighted by Crippen LogP contribution is 2.38. The largest absolute Gasteiger partial charge is 0.443 e. The van der Waals surface area contributed by atoms with Crippen LogP contribution in [0.4, 0.5) is 16.6 Å². The molecule has 1 N–H and O–H groups in total. The first-order chi connectivity index (χ1) is 14.2. The topological polar surface area (TPSA) is 67.3 Å². The minimum atomic E-state index is -0.383. The number of amides is 1. The Labute approximate surface area is 170 Å². The first kappa shape index (κ1) is 18.9. The molecule has 0 unspecified atom stereocenters. The number of carbonyl (C=O) groups excluding carboxylic acids is 1. The van der Waals surface area contributed by atoms with Gasteiger partial charge in [0.1, 0.15) is 18.0 Å². The van der Waals surface area contributed by atoms with E-state index in [1.54, 1.807) is 17.2 Å². The first-order valence-electron chi connectivity index (χ1n) is 9.86.